The maximum absolute atomic E-state index is 3.98. The number of hydrogen-bond donors (Lipinski definition) is 2. The number of benzene rings is 1. The third-order valence-electron chi connectivity index (χ3n) is 2.47. The molecule has 17 heavy (non-hydrogen) atoms. The lowest BCUT2D eigenvalue weighted by Gasteiger charge is -2.20. The first kappa shape index (κ1) is 9.65. The first-order chi connectivity index (χ1) is 8.45. The molecule has 0 saturated carbocycles. The number of H-pyrrole nitrogens is 2. The Morgan fingerprint density at radius 3 is 1.82 bits per heavy atom. The first-order valence-electron chi connectivity index (χ1n) is 5.29. The van der Waals surface area contributed by atoms with Gasteiger partial charge in [0.1, 0.15) is 11.6 Å². The zero-order chi connectivity index (χ0) is 11.5. The summed E-state index contributed by atoms with van der Waals surface area (Å²) in [5, 5.41) is 13.9. The van der Waals surface area contributed by atoms with E-state index in [9.17, 15) is 0 Å². The molecular weight excluding hydrogens is 214 g/mol. The summed E-state index contributed by atoms with van der Waals surface area (Å²) in [6, 6.07) is 13.9. The Morgan fingerprint density at radius 2 is 1.35 bits per heavy atom. The van der Waals surface area contributed by atoms with Crippen LogP contribution in [-0.4, -0.2) is 20.4 Å². The van der Waals surface area contributed by atoms with Crippen molar-refractivity contribution in [3.63, 3.8) is 0 Å². The van der Waals surface area contributed by atoms with E-state index < -0.39 is 0 Å². The minimum absolute atomic E-state index is 0.889. The van der Waals surface area contributed by atoms with Crippen LogP contribution in [0.3, 0.4) is 0 Å². The molecule has 2 heterocycles. The van der Waals surface area contributed by atoms with Crippen LogP contribution in [0.15, 0.2) is 54.9 Å². The number of rotatable bonds is 3. The van der Waals surface area contributed by atoms with E-state index in [1.807, 2.05) is 47.4 Å². The van der Waals surface area contributed by atoms with Crippen LogP contribution in [0.25, 0.3) is 0 Å². The second-order valence-electron chi connectivity index (χ2n) is 3.55. The summed E-state index contributed by atoms with van der Waals surface area (Å²) in [7, 11) is 0. The summed E-state index contributed by atoms with van der Waals surface area (Å²) < 4.78 is 0. The van der Waals surface area contributed by atoms with Gasteiger partial charge >= 0.3 is 0 Å². The van der Waals surface area contributed by atoms with Crippen LogP contribution >= 0.6 is 0 Å². The maximum atomic E-state index is 3.98. The highest BCUT2D eigenvalue weighted by Gasteiger charge is 2.13. The predicted molar refractivity (Wildman–Crippen MR) is 65.4 cm³/mol. The van der Waals surface area contributed by atoms with Gasteiger partial charge in [-0.25, -0.2) is 0 Å². The van der Waals surface area contributed by atoms with Crippen molar-refractivity contribution in [3.8, 4) is 0 Å². The average Bonchev–Trinajstić information content (AvgIpc) is 3.04. The lowest BCUT2D eigenvalue weighted by Crippen LogP contribution is -2.10. The Bertz CT molecular complexity index is 522. The number of para-hydroxylation sites is 1. The molecule has 0 spiro atoms. The zero-order valence-corrected chi connectivity index (χ0v) is 9.04. The molecule has 3 rings (SSSR count). The van der Waals surface area contributed by atoms with E-state index in [0.717, 1.165) is 17.3 Å². The normalized spacial score (nSPS) is 10.4. The number of hydrogen-bond acceptors (Lipinski definition) is 3. The van der Waals surface area contributed by atoms with Crippen molar-refractivity contribution in [2.75, 3.05) is 4.90 Å². The van der Waals surface area contributed by atoms with E-state index >= 15 is 0 Å². The Labute approximate surface area is 98.1 Å². The summed E-state index contributed by atoms with van der Waals surface area (Å²) in [5.74, 6) is 1.78. The third kappa shape index (κ3) is 1.78. The predicted octanol–water partition coefficient (Wildman–Crippen LogP) is 2.60. The molecule has 2 aromatic heterocycles. The smallest absolute Gasteiger partial charge is 0.134 e. The minimum Gasteiger partial charge on any atom is -0.280 e. The van der Waals surface area contributed by atoms with Gasteiger partial charge in [-0.05, 0) is 12.1 Å². The maximum Gasteiger partial charge on any atom is 0.134 e. The van der Waals surface area contributed by atoms with Crippen LogP contribution in [0.2, 0.25) is 0 Å². The molecule has 5 nitrogen and oxygen atoms in total. The van der Waals surface area contributed by atoms with Crippen LogP contribution in [0.4, 0.5) is 17.3 Å². The fourth-order valence-corrected chi connectivity index (χ4v) is 1.73. The molecule has 1 aromatic carbocycles. The van der Waals surface area contributed by atoms with E-state index in [2.05, 4.69) is 20.4 Å². The first-order valence-corrected chi connectivity index (χ1v) is 5.29. The molecule has 0 unspecified atom stereocenters. The Hall–Kier alpha value is -2.56. The van der Waals surface area contributed by atoms with Gasteiger partial charge in [0, 0.05) is 17.8 Å². The fourth-order valence-electron chi connectivity index (χ4n) is 1.73. The molecule has 0 amide bonds. The van der Waals surface area contributed by atoms with Gasteiger partial charge in [0.15, 0.2) is 0 Å². The van der Waals surface area contributed by atoms with Crippen molar-refractivity contribution in [1.82, 2.24) is 20.4 Å². The monoisotopic (exact) mass is 225 g/mol. The molecular formula is C12H11N5. The van der Waals surface area contributed by atoms with E-state index in [1.165, 1.54) is 0 Å². The molecule has 0 bridgehead atoms. The summed E-state index contributed by atoms with van der Waals surface area (Å²) in [4.78, 5) is 2.01. The summed E-state index contributed by atoms with van der Waals surface area (Å²) in [5.41, 5.74) is 1.04. The van der Waals surface area contributed by atoms with Crippen LogP contribution in [-0.2, 0) is 0 Å². The number of anilines is 3. The molecule has 0 aliphatic carbocycles. The van der Waals surface area contributed by atoms with E-state index in [-0.39, 0.29) is 0 Å². The van der Waals surface area contributed by atoms with Crippen molar-refractivity contribution in [3.05, 3.63) is 54.9 Å². The number of aromatic amines is 2. The van der Waals surface area contributed by atoms with Crippen molar-refractivity contribution in [2.45, 2.75) is 0 Å². The molecule has 0 saturated heterocycles. The van der Waals surface area contributed by atoms with Gasteiger partial charge in [-0.15, -0.1) is 0 Å². The van der Waals surface area contributed by atoms with Gasteiger partial charge in [0.05, 0.1) is 12.4 Å². The molecule has 0 aliphatic rings. The lowest BCUT2D eigenvalue weighted by atomic mass is 10.3. The van der Waals surface area contributed by atoms with E-state index in [1.54, 1.807) is 12.4 Å². The number of aromatic nitrogens is 4. The van der Waals surface area contributed by atoms with Crippen LogP contribution < -0.4 is 4.90 Å². The SMILES string of the molecule is c1ccc(N(c2ccn[nH]2)c2ccn[nH]2)cc1. The Morgan fingerprint density at radius 1 is 0.765 bits per heavy atom. The second kappa shape index (κ2) is 4.13. The van der Waals surface area contributed by atoms with E-state index in [4.69, 9.17) is 0 Å². The number of nitrogens with one attached hydrogen (secondary N) is 2. The third-order valence-corrected chi connectivity index (χ3v) is 2.47. The standard InChI is InChI=1S/C12H11N5/c1-2-4-10(5-3-1)17(11-6-8-13-15-11)12-7-9-14-16-12/h1-9H,(H,13,15)(H,14,16). The quantitative estimate of drug-likeness (QED) is 0.720. The van der Waals surface area contributed by atoms with Crippen LogP contribution in [0.5, 0.6) is 0 Å². The van der Waals surface area contributed by atoms with Gasteiger partial charge in [0.2, 0.25) is 0 Å². The lowest BCUT2D eigenvalue weighted by molar-refractivity contribution is 1.02. The molecule has 3 aromatic rings. The Balaban J connectivity index is 2.10. The van der Waals surface area contributed by atoms with E-state index in [0.29, 0.717) is 0 Å². The van der Waals surface area contributed by atoms with Gasteiger partial charge < -0.3 is 0 Å². The van der Waals surface area contributed by atoms with Gasteiger partial charge in [-0.1, -0.05) is 18.2 Å². The Kier molecular flexibility index (Phi) is 2.34. The molecule has 5 heteroatoms. The van der Waals surface area contributed by atoms with Crippen molar-refractivity contribution < 1.29 is 0 Å². The van der Waals surface area contributed by atoms with Gasteiger partial charge in [-0.2, -0.15) is 10.2 Å². The molecule has 0 atom stereocenters. The molecule has 0 radical (unpaired) electrons. The van der Waals surface area contributed by atoms with Crippen molar-refractivity contribution >= 4 is 17.3 Å². The van der Waals surface area contributed by atoms with Crippen molar-refractivity contribution in [1.29, 1.82) is 0 Å². The van der Waals surface area contributed by atoms with Gasteiger partial charge in [-0.3, -0.25) is 15.1 Å². The summed E-state index contributed by atoms with van der Waals surface area (Å²) >= 11 is 0. The zero-order valence-electron chi connectivity index (χ0n) is 9.04. The topological polar surface area (TPSA) is 60.6 Å². The summed E-state index contributed by atoms with van der Waals surface area (Å²) in [6.45, 7) is 0. The highest BCUT2D eigenvalue weighted by Crippen LogP contribution is 2.30. The summed E-state index contributed by atoms with van der Waals surface area (Å²) in [6.07, 6.45) is 3.45. The van der Waals surface area contributed by atoms with Gasteiger partial charge in [0.25, 0.3) is 0 Å². The van der Waals surface area contributed by atoms with Crippen LogP contribution in [0, 0.1) is 0 Å². The average molecular weight is 225 g/mol. The highest BCUT2D eigenvalue weighted by molar-refractivity contribution is 5.71. The molecule has 2 N–H and O–H groups in total. The van der Waals surface area contributed by atoms with Crippen LogP contribution in [0.1, 0.15) is 0 Å². The molecule has 84 valence electrons. The fraction of sp³-hybridized carbons (Fsp3) is 0. The minimum atomic E-state index is 0.889. The molecule has 0 aliphatic heterocycles. The number of nitrogens with zero attached hydrogens (tertiary/aromatic N) is 3. The largest absolute Gasteiger partial charge is 0.280 e. The van der Waals surface area contributed by atoms with Crippen molar-refractivity contribution in [2.24, 2.45) is 0 Å². The molecule has 0 fully saturated rings. The highest BCUT2D eigenvalue weighted by atomic mass is 15.3. The second-order valence-corrected chi connectivity index (χ2v) is 3.55.